The van der Waals surface area contributed by atoms with Crippen LogP contribution in [0.1, 0.15) is 22.8 Å². The molecule has 29 heavy (non-hydrogen) atoms. The third kappa shape index (κ3) is 5.85. The van der Waals surface area contributed by atoms with Crippen molar-refractivity contribution in [2.75, 3.05) is 51.3 Å². The van der Waals surface area contributed by atoms with Gasteiger partial charge in [0.05, 0.1) is 18.2 Å². The molecule has 1 amide bonds. The first kappa shape index (κ1) is 21.0. The standard InChI is InChI=1S/C22H29N5O2/c1-3-23-21(28)19-15-24-22(25-16-19)27-13-11-26(12-14-27)20(17-29-2)10-9-18-7-5-4-6-8-18/h4-10,15-16,20H,3,11-14,17H2,1-2H3,(H,23,28)/b10-9+. The minimum Gasteiger partial charge on any atom is -0.383 e. The van der Waals surface area contributed by atoms with Crippen LogP contribution in [0.15, 0.2) is 48.8 Å². The summed E-state index contributed by atoms with van der Waals surface area (Å²) >= 11 is 0. The summed E-state index contributed by atoms with van der Waals surface area (Å²) in [6, 6.07) is 10.5. The number of piperazine rings is 1. The van der Waals surface area contributed by atoms with Crippen LogP contribution in [0.4, 0.5) is 5.95 Å². The van der Waals surface area contributed by atoms with Gasteiger partial charge in [-0.3, -0.25) is 9.69 Å². The second-order valence-electron chi connectivity index (χ2n) is 6.95. The molecule has 0 spiro atoms. The van der Waals surface area contributed by atoms with Crippen LogP contribution in [0.25, 0.3) is 6.08 Å². The SMILES string of the molecule is CCNC(=O)c1cnc(N2CCN(C(/C=C/c3ccccc3)COC)CC2)nc1. The normalized spacial score (nSPS) is 16.1. The van der Waals surface area contributed by atoms with E-state index < -0.39 is 0 Å². The van der Waals surface area contributed by atoms with E-state index in [9.17, 15) is 4.79 Å². The van der Waals surface area contributed by atoms with Gasteiger partial charge in [0.25, 0.3) is 5.91 Å². The van der Waals surface area contributed by atoms with Crippen LogP contribution >= 0.6 is 0 Å². The van der Waals surface area contributed by atoms with Gasteiger partial charge in [-0.1, -0.05) is 42.5 Å². The Morgan fingerprint density at radius 3 is 2.48 bits per heavy atom. The van der Waals surface area contributed by atoms with Gasteiger partial charge in [-0.05, 0) is 12.5 Å². The summed E-state index contributed by atoms with van der Waals surface area (Å²) in [5.41, 5.74) is 1.67. The van der Waals surface area contributed by atoms with E-state index in [0.717, 1.165) is 26.2 Å². The summed E-state index contributed by atoms with van der Waals surface area (Å²) in [5, 5.41) is 2.76. The van der Waals surface area contributed by atoms with Gasteiger partial charge in [0, 0.05) is 52.2 Å². The van der Waals surface area contributed by atoms with Crippen molar-refractivity contribution in [3.8, 4) is 0 Å². The molecule has 1 saturated heterocycles. The first-order chi connectivity index (χ1) is 14.2. The molecule has 2 heterocycles. The quantitative estimate of drug-likeness (QED) is 0.738. The number of carbonyl (C=O) groups is 1. The zero-order chi connectivity index (χ0) is 20.5. The van der Waals surface area contributed by atoms with Crippen molar-refractivity contribution in [3.63, 3.8) is 0 Å². The lowest BCUT2D eigenvalue weighted by Crippen LogP contribution is -2.51. The van der Waals surface area contributed by atoms with Crippen LogP contribution in [0.3, 0.4) is 0 Å². The fourth-order valence-corrected chi connectivity index (χ4v) is 3.36. The van der Waals surface area contributed by atoms with Crippen molar-refractivity contribution in [2.24, 2.45) is 0 Å². The van der Waals surface area contributed by atoms with E-state index in [4.69, 9.17) is 4.74 Å². The van der Waals surface area contributed by atoms with Gasteiger partial charge >= 0.3 is 0 Å². The zero-order valence-electron chi connectivity index (χ0n) is 17.1. The summed E-state index contributed by atoms with van der Waals surface area (Å²) in [7, 11) is 1.74. The molecule has 1 aromatic heterocycles. The van der Waals surface area contributed by atoms with Gasteiger partial charge in [-0.2, -0.15) is 0 Å². The third-order valence-electron chi connectivity index (χ3n) is 4.95. The third-order valence-corrected chi connectivity index (χ3v) is 4.95. The molecule has 1 aliphatic heterocycles. The first-order valence-corrected chi connectivity index (χ1v) is 10.0. The Kier molecular flexibility index (Phi) is 7.72. The van der Waals surface area contributed by atoms with Crippen LogP contribution in [-0.2, 0) is 4.74 Å². The number of nitrogens with one attached hydrogen (secondary N) is 1. The highest BCUT2D eigenvalue weighted by Gasteiger charge is 2.23. The Balaban J connectivity index is 1.58. The highest BCUT2D eigenvalue weighted by atomic mass is 16.5. The lowest BCUT2D eigenvalue weighted by Gasteiger charge is -2.38. The van der Waals surface area contributed by atoms with E-state index in [-0.39, 0.29) is 11.9 Å². The number of hydrogen-bond donors (Lipinski definition) is 1. The predicted octanol–water partition coefficient (Wildman–Crippen LogP) is 2.08. The average Bonchev–Trinajstić information content (AvgIpc) is 2.78. The van der Waals surface area contributed by atoms with Crippen LogP contribution < -0.4 is 10.2 Å². The molecule has 7 heteroatoms. The van der Waals surface area contributed by atoms with Gasteiger partial charge in [0.1, 0.15) is 0 Å². The van der Waals surface area contributed by atoms with Crippen LogP contribution in [0.5, 0.6) is 0 Å². The number of amides is 1. The monoisotopic (exact) mass is 395 g/mol. The fraction of sp³-hybridized carbons (Fsp3) is 0.409. The second kappa shape index (κ2) is 10.7. The van der Waals surface area contributed by atoms with E-state index in [1.165, 1.54) is 5.56 Å². The number of nitrogens with zero attached hydrogens (tertiary/aromatic N) is 4. The first-order valence-electron chi connectivity index (χ1n) is 10.0. The maximum absolute atomic E-state index is 11.8. The number of rotatable bonds is 8. The molecular formula is C22H29N5O2. The van der Waals surface area contributed by atoms with Gasteiger partial charge in [0.2, 0.25) is 5.95 Å². The van der Waals surface area contributed by atoms with Crippen LogP contribution in [-0.4, -0.2) is 73.3 Å². The number of ether oxygens (including phenoxy) is 1. The largest absolute Gasteiger partial charge is 0.383 e. The molecule has 154 valence electrons. The summed E-state index contributed by atoms with van der Waals surface area (Å²) in [4.78, 5) is 25.2. The van der Waals surface area contributed by atoms with Crippen molar-refractivity contribution in [3.05, 3.63) is 59.9 Å². The Bertz CT molecular complexity index is 787. The highest BCUT2D eigenvalue weighted by Crippen LogP contribution is 2.14. The van der Waals surface area contributed by atoms with Crippen molar-refractivity contribution in [2.45, 2.75) is 13.0 Å². The average molecular weight is 396 g/mol. The summed E-state index contributed by atoms with van der Waals surface area (Å²) in [6.07, 6.45) is 7.55. The van der Waals surface area contributed by atoms with E-state index in [1.807, 2.05) is 25.1 Å². The Morgan fingerprint density at radius 2 is 1.86 bits per heavy atom. The second-order valence-corrected chi connectivity index (χ2v) is 6.95. The lowest BCUT2D eigenvalue weighted by atomic mass is 10.1. The predicted molar refractivity (Wildman–Crippen MR) is 115 cm³/mol. The maximum atomic E-state index is 11.8. The van der Waals surface area contributed by atoms with E-state index in [0.29, 0.717) is 24.7 Å². The van der Waals surface area contributed by atoms with E-state index in [1.54, 1.807) is 19.5 Å². The van der Waals surface area contributed by atoms with Gasteiger partial charge in [-0.15, -0.1) is 0 Å². The molecule has 1 fully saturated rings. The van der Waals surface area contributed by atoms with Gasteiger partial charge in [-0.25, -0.2) is 9.97 Å². The molecule has 0 radical (unpaired) electrons. The van der Waals surface area contributed by atoms with Crippen molar-refractivity contribution < 1.29 is 9.53 Å². The molecule has 0 bridgehead atoms. The number of hydrogen-bond acceptors (Lipinski definition) is 6. The molecule has 1 atom stereocenters. The molecule has 0 aliphatic carbocycles. The molecule has 1 N–H and O–H groups in total. The van der Waals surface area contributed by atoms with Gasteiger partial charge in [0.15, 0.2) is 0 Å². The molecule has 2 aromatic rings. The zero-order valence-corrected chi connectivity index (χ0v) is 17.1. The fourth-order valence-electron chi connectivity index (χ4n) is 3.36. The lowest BCUT2D eigenvalue weighted by molar-refractivity contribution is 0.0955. The Labute approximate surface area is 172 Å². The minimum absolute atomic E-state index is 0.142. The van der Waals surface area contributed by atoms with Crippen LogP contribution in [0, 0.1) is 0 Å². The molecule has 1 aliphatic rings. The Hall–Kier alpha value is -2.77. The molecule has 1 aromatic carbocycles. The van der Waals surface area contributed by atoms with Gasteiger partial charge < -0.3 is 15.0 Å². The molecular weight excluding hydrogens is 366 g/mol. The molecule has 7 nitrogen and oxygen atoms in total. The molecule has 1 unspecified atom stereocenters. The number of anilines is 1. The van der Waals surface area contributed by atoms with E-state index >= 15 is 0 Å². The number of methoxy groups -OCH3 is 1. The van der Waals surface area contributed by atoms with Crippen molar-refractivity contribution >= 4 is 17.9 Å². The topological polar surface area (TPSA) is 70.6 Å². The number of aromatic nitrogens is 2. The summed E-state index contributed by atoms with van der Waals surface area (Å²) < 4.78 is 5.44. The summed E-state index contributed by atoms with van der Waals surface area (Å²) in [5.74, 6) is 0.525. The summed E-state index contributed by atoms with van der Waals surface area (Å²) in [6.45, 7) is 6.59. The van der Waals surface area contributed by atoms with E-state index in [2.05, 4.69) is 49.4 Å². The highest BCUT2D eigenvalue weighted by molar-refractivity contribution is 5.93. The Morgan fingerprint density at radius 1 is 1.17 bits per heavy atom. The number of carbonyl (C=O) groups excluding carboxylic acids is 1. The molecule has 3 rings (SSSR count). The van der Waals surface area contributed by atoms with Crippen molar-refractivity contribution in [1.29, 1.82) is 0 Å². The molecule has 0 saturated carbocycles. The number of benzene rings is 1. The minimum atomic E-state index is -0.142. The van der Waals surface area contributed by atoms with Crippen LogP contribution in [0.2, 0.25) is 0 Å². The smallest absolute Gasteiger partial charge is 0.254 e. The maximum Gasteiger partial charge on any atom is 0.254 e. The van der Waals surface area contributed by atoms with Crippen molar-refractivity contribution in [1.82, 2.24) is 20.2 Å².